The summed E-state index contributed by atoms with van der Waals surface area (Å²) in [5.74, 6) is -0.399. The van der Waals surface area contributed by atoms with Crippen molar-refractivity contribution in [1.82, 2.24) is 16.1 Å². The van der Waals surface area contributed by atoms with Gasteiger partial charge in [-0.05, 0) is 61.9 Å². The van der Waals surface area contributed by atoms with Gasteiger partial charge < -0.3 is 34.0 Å². The lowest BCUT2D eigenvalue weighted by molar-refractivity contribution is -0.139. The van der Waals surface area contributed by atoms with Gasteiger partial charge in [0.05, 0.1) is 49.2 Å². The molecule has 1 aliphatic rings. The lowest BCUT2D eigenvalue weighted by Gasteiger charge is -2.28. The summed E-state index contributed by atoms with van der Waals surface area (Å²) in [5.41, 5.74) is 4.30. The number of carbonyl (C=O) groups is 4. The summed E-state index contributed by atoms with van der Waals surface area (Å²) in [4.78, 5) is 49.0. The second-order valence-electron chi connectivity index (χ2n) is 9.17. The maximum Gasteiger partial charge on any atom is 0.339 e. The summed E-state index contributed by atoms with van der Waals surface area (Å²) in [5, 5.41) is 9.43. The van der Waals surface area contributed by atoms with Crippen LogP contribution in [0.5, 0.6) is 11.5 Å². The van der Waals surface area contributed by atoms with Crippen LogP contribution in [0.3, 0.4) is 0 Å². The zero-order valence-corrected chi connectivity index (χ0v) is 24.9. The lowest BCUT2D eigenvalue weighted by Crippen LogP contribution is -2.45. The SMILES string of the molecule is CCOC(=O)C1=C(C)NC(=O)N[C@H]1c1ccc(OCC(=O)N/N=C\c2ccc(-c3ccc(Cl)c(C(=O)OC)c3)o2)c(OC)c1. The molecule has 0 fully saturated rings. The third kappa shape index (κ3) is 7.36. The van der Waals surface area contributed by atoms with E-state index in [1.165, 1.54) is 20.4 Å². The van der Waals surface area contributed by atoms with Crippen molar-refractivity contribution in [3.05, 3.63) is 81.7 Å². The Morgan fingerprint density at radius 2 is 1.86 bits per heavy atom. The van der Waals surface area contributed by atoms with E-state index >= 15 is 0 Å². The highest BCUT2D eigenvalue weighted by atomic mass is 35.5. The largest absolute Gasteiger partial charge is 0.493 e. The minimum atomic E-state index is -0.792. The van der Waals surface area contributed by atoms with E-state index in [2.05, 4.69) is 21.2 Å². The maximum atomic E-state index is 12.6. The van der Waals surface area contributed by atoms with Crippen LogP contribution in [0.25, 0.3) is 11.3 Å². The molecule has 3 aromatic rings. The van der Waals surface area contributed by atoms with Crippen LogP contribution in [-0.4, -0.2) is 57.5 Å². The first-order valence-corrected chi connectivity index (χ1v) is 13.6. The minimum absolute atomic E-state index is 0.170. The predicted octanol–water partition coefficient (Wildman–Crippen LogP) is 4.12. The second kappa shape index (κ2) is 14.2. The summed E-state index contributed by atoms with van der Waals surface area (Å²) >= 11 is 6.07. The van der Waals surface area contributed by atoms with Gasteiger partial charge in [-0.1, -0.05) is 17.7 Å². The molecule has 3 amide bonds. The van der Waals surface area contributed by atoms with Crippen LogP contribution in [0.1, 0.15) is 41.6 Å². The molecule has 0 spiro atoms. The smallest absolute Gasteiger partial charge is 0.339 e. The van der Waals surface area contributed by atoms with E-state index < -0.39 is 36.5 Å². The van der Waals surface area contributed by atoms with Crippen LogP contribution in [0.4, 0.5) is 4.79 Å². The number of furan rings is 1. The number of methoxy groups -OCH3 is 2. The minimum Gasteiger partial charge on any atom is -0.493 e. The van der Waals surface area contributed by atoms with Gasteiger partial charge in [-0.15, -0.1) is 0 Å². The number of allylic oxidation sites excluding steroid dienone is 1. The van der Waals surface area contributed by atoms with E-state index in [0.29, 0.717) is 28.3 Å². The van der Waals surface area contributed by atoms with Crippen molar-refractivity contribution in [3.63, 3.8) is 0 Å². The van der Waals surface area contributed by atoms with Crippen molar-refractivity contribution < 1.29 is 42.5 Å². The van der Waals surface area contributed by atoms with E-state index in [0.717, 1.165) is 0 Å². The molecule has 1 aliphatic heterocycles. The van der Waals surface area contributed by atoms with Crippen LogP contribution in [0, 0.1) is 0 Å². The number of nitrogens with one attached hydrogen (secondary N) is 3. The van der Waals surface area contributed by atoms with Gasteiger partial charge in [0.2, 0.25) is 0 Å². The number of ether oxygens (including phenoxy) is 4. The molecule has 0 unspecified atom stereocenters. The molecule has 3 N–H and O–H groups in total. The Kier molecular flexibility index (Phi) is 10.2. The third-order valence-corrected chi connectivity index (χ3v) is 6.64. The number of carbonyl (C=O) groups excluding carboxylic acids is 4. The van der Waals surface area contributed by atoms with Gasteiger partial charge in [-0.25, -0.2) is 19.8 Å². The summed E-state index contributed by atoms with van der Waals surface area (Å²) < 4.78 is 26.7. The Balaban J connectivity index is 1.38. The van der Waals surface area contributed by atoms with Crippen LogP contribution in [0.15, 0.2) is 69.3 Å². The van der Waals surface area contributed by atoms with Gasteiger partial charge >= 0.3 is 18.0 Å². The maximum absolute atomic E-state index is 12.6. The number of urea groups is 1. The zero-order chi connectivity index (χ0) is 31.8. The van der Waals surface area contributed by atoms with E-state index in [1.54, 1.807) is 62.4 Å². The van der Waals surface area contributed by atoms with Crippen LogP contribution in [-0.2, 0) is 19.1 Å². The zero-order valence-electron chi connectivity index (χ0n) is 24.2. The number of amides is 3. The molecule has 2 aromatic carbocycles. The first kappa shape index (κ1) is 31.6. The number of nitrogens with zero attached hydrogens (tertiary/aromatic N) is 1. The van der Waals surface area contributed by atoms with Crippen molar-refractivity contribution >= 4 is 41.7 Å². The fourth-order valence-corrected chi connectivity index (χ4v) is 4.47. The Labute approximate surface area is 257 Å². The van der Waals surface area contributed by atoms with Crippen LogP contribution < -0.4 is 25.5 Å². The Hall–Kier alpha value is -5.30. The molecule has 13 nitrogen and oxygen atoms in total. The average Bonchev–Trinajstić information content (AvgIpc) is 3.48. The Bertz CT molecular complexity index is 1650. The van der Waals surface area contributed by atoms with Crippen molar-refractivity contribution in [2.24, 2.45) is 5.10 Å². The molecule has 4 rings (SSSR count). The van der Waals surface area contributed by atoms with Gasteiger partial charge in [-0.3, -0.25) is 4.79 Å². The van der Waals surface area contributed by atoms with Gasteiger partial charge in [0.1, 0.15) is 11.5 Å². The highest BCUT2D eigenvalue weighted by molar-refractivity contribution is 6.33. The van der Waals surface area contributed by atoms with Crippen molar-refractivity contribution in [1.29, 1.82) is 0 Å². The van der Waals surface area contributed by atoms with Gasteiger partial charge in [-0.2, -0.15) is 5.10 Å². The van der Waals surface area contributed by atoms with Crippen molar-refractivity contribution in [2.75, 3.05) is 27.4 Å². The molecule has 0 saturated carbocycles. The van der Waals surface area contributed by atoms with Gasteiger partial charge in [0, 0.05) is 11.3 Å². The molecule has 2 heterocycles. The molecule has 1 aromatic heterocycles. The van der Waals surface area contributed by atoms with E-state index in [-0.39, 0.29) is 34.3 Å². The van der Waals surface area contributed by atoms with E-state index in [1.807, 2.05) is 0 Å². The summed E-state index contributed by atoms with van der Waals surface area (Å²) in [6, 6.07) is 11.6. The average molecular weight is 625 g/mol. The number of hydrazone groups is 1. The first-order valence-electron chi connectivity index (χ1n) is 13.2. The topological polar surface area (TPSA) is 167 Å². The number of rotatable bonds is 11. The Morgan fingerprint density at radius 3 is 2.59 bits per heavy atom. The molecule has 0 saturated heterocycles. The molecular weight excluding hydrogens is 596 g/mol. The van der Waals surface area contributed by atoms with Crippen LogP contribution >= 0.6 is 11.6 Å². The standard InChI is InChI=1S/C30H29ClN4O9/c1-5-42-29(38)26-16(2)33-30(39)34-27(26)18-7-10-23(24(13-18)40-3)43-15-25(36)35-32-14-19-8-11-22(44-19)17-6-9-21(31)20(12-17)28(37)41-4/h6-14,27H,5,15H2,1-4H3,(H,35,36)(H2,33,34,39)/b32-14-/t27-/m0/s1. The highest BCUT2D eigenvalue weighted by Crippen LogP contribution is 2.34. The highest BCUT2D eigenvalue weighted by Gasteiger charge is 2.32. The molecular formula is C30H29ClN4O9. The van der Waals surface area contributed by atoms with Gasteiger partial charge in [0.25, 0.3) is 5.91 Å². The Morgan fingerprint density at radius 1 is 1.07 bits per heavy atom. The summed E-state index contributed by atoms with van der Waals surface area (Å²) in [7, 11) is 2.68. The molecule has 0 radical (unpaired) electrons. The number of esters is 2. The normalized spacial score (nSPS) is 14.5. The summed E-state index contributed by atoms with van der Waals surface area (Å²) in [6.07, 6.45) is 1.30. The molecule has 14 heteroatoms. The number of benzene rings is 2. The van der Waals surface area contributed by atoms with E-state index in [9.17, 15) is 19.2 Å². The number of hydrogen-bond donors (Lipinski definition) is 3. The first-order chi connectivity index (χ1) is 21.1. The molecule has 1 atom stereocenters. The number of halogens is 1. The second-order valence-corrected chi connectivity index (χ2v) is 9.58. The lowest BCUT2D eigenvalue weighted by atomic mass is 9.95. The molecule has 230 valence electrons. The van der Waals surface area contributed by atoms with Gasteiger partial charge in [0.15, 0.2) is 18.1 Å². The molecule has 44 heavy (non-hydrogen) atoms. The summed E-state index contributed by atoms with van der Waals surface area (Å²) in [6.45, 7) is 3.08. The molecule has 0 aliphatic carbocycles. The third-order valence-electron chi connectivity index (χ3n) is 6.31. The van der Waals surface area contributed by atoms with E-state index in [4.69, 9.17) is 35.0 Å². The number of hydrogen-bond acceptors (Lipinski definition) is 10. The fourth-order valence-electron chi connectivity index (χ4n) is 4.27. The van der Waals surface area contributed by atoms with Crippen molar-refractivity contribution in [2.45, 2.75) is 19.9 Å². The molecule has 0 bridgehead atoms. The van der Waals surface area contributed by atoms with Crippen LogP contribution in [0.2, 0.25) is 5.02 Å². The monoisotopic (exact) mass is 624 g/mol. The predicted molar refractivity (Wildman–Crippen MR) is 158 cm³/mol. The quantitative estimate of drug-likeness (QED) is 0.162. The fraction of sp³-hybridized carbons (Fsp3) is 0.233. The van der Waals surface area contributed by atoms with Crippen molar-refractivity contribution in [3.8, 4) is 22.8 Å².